The van der Waals surface area contributed by atoms with Crippen molar-refractivity contribution in [1.29, 1.82) is 0 Å². The van der Waals surface area contributed by atoms with E-state index in [4.69, 9.17) is 16.3 Å². The van der Waals surface area contributed by atoms with Crippen LogP contribution in [0.3, 0.4) is 0 Å². The average Bonchev–Trinajstić information content (AvgIpc) is 2.32. The molecule has 1 heterocycles. The number of rotatable bonds is 2. The molecule has 0 aliphatic carbocycles. The molecular formula is C11H10ClN3O. The van der Waals surface area contributed by atoms with E-state index in [-0.39, 0.29) is 5.28 Å². The number of aryl methyl sites for hydroxylation is 1. The Labute approximate surface area is 98.3 Å². The van der Waals surface area contributed by atoms with Gasteiger partial charge >= 0.3 is 0 Å². The van der Waals surface area contributed by atoms with Gasteiger partial charge in [0.1, 0.15) is 11.4 Å². The molecule has 0 saturated heterocycles. The maximum Gasteiger partial charge on any atom is 0.243 e. The van der Waals surface area contributed by atoms with Crippen LogP contribution in [0.5, 0.6) is 5.75 Å². The minimum atomic E-state index is 0.131. The van der Waals surface area contributed by atoms with Crippen LogP contribution in [0, 0.1) is 6.92 Å². The molecule has 0 amide bonds. The molecule has 0 radical (unpaired) electrons. The number of hydrogen-bond donors (Lipinski definition) is 0. The van der Waals surface area contributed by atoms with Crippen molar-refractivity contribution in [3.05, 3.63) is 35.2 Å². The molecule has 0 bridgehead atoms. The van der Waals surface area contributed by atoms with Crippen LogP contribution in [0.2, 0.25) is 5.28 Å². The van der Waals surface area contributed by atoms with Crippen molar-refractivity contribution in [3.63, 3.8) is 0 Å². The standard InChI is InChI=1S/C11H10ClN3O/c1-7-10(13-11(12)15-14-7)8-5-3-4-6-9(8)16-2/h3-6H,1-2H3. The Hall–Kier alpha value is -1.68. The summed E-state index contributed by atoms with van der Waals surface area (Å²) in [5, 5.41) is 7.75. The van der Waals surface area contributed by atoms with Crippen molar-refractivity contribution in [2.75, 3.05) is 7.11 Å². The van der Waals surface area contributed by atoms with Crippen LogP contribution >= 0.6 is 11.6 Å². The highest BCUT2D eigenvalue weighted by Gasteiger charge is 2.11. The van der Waals surface area contributed by atoms with Gasteiger partial charge in [0.15, 0.2) is 0 Å². The largest absolute Gasteiger partial charge is 0.496 e. The zero-order valence-electron chi connectivity index (χ0n) is 8.94. The second-order valence-electron chi connectivity index (χ2n) is 3.22. The van der Waals surface area contributed by atoms with E-state index in [9.17, 15) is 0 Å². The first-order valence-electron chi connectivity index (χ1n) is 4.72. The van der Waals surface area contributed by atoms with Gasteiger partial charge in [-0.05, 0) is 30.7 Å². The number of para-hydroxylation sites is 1. The lowest BCUT2D eigenvalue weighted by molar-refractivity contribution is 0.416. The molecule has 4 nitrogen and oxygen atoms in total. The number of benzene rings is 1. The fourth-order valence-corrected chi connectivity index (χ4v) is 1.58. The Morgan fingerprint density at radius 1 is 1.19 bits per heavy atom. The Kier molecular flexibility index (Phi) is 3.01. The molecule has 0 atom stereocenters. The molecule has 82 valence electrons. The number of methoxy groups -OCH3 is 1. The lowest BCUT2D eigenvalue weighted by atomic mass is 10.1. The van der Waals surface area contributed by atoms with E-state index in [2.05, 4.69) is 15.2 Å². The molecule has 0 unspecified atom stereocenters. The highest BCUT2D eigenvalue weighted by molar-refractivity contribution is 6.28. The number of nitrogens with zero attached hydrogens (tertiary/aromatic N) is 3. The van der Waals surface area contributed by atoms with Gasteiger partial charge < -0.3 is 4.74 Å². The van der Waals surface area contributed by atoms with Gasteiger partial charge in [-0.3, -0.25) is 0 Å². The van der Waals surface area contributed by atoms with Crippen LogP contribution in [0.15, 0.2) is 24.3 Å². The van der Waals surface area contributed by atoms with E-state index in [1.165, 1.54) is 0 Å². The van der Waals surface area contributed by atoms with Crippen LogP contribution in [-0.2, 0) is 0 Å². The van der Waals surface area contributed by atoms with Gasteiger partial charge in [-0.1, -0.05) is 12.1 Å². The van der Waals surface area contributed by atoms with Gasteiger partial charge in [-0.25, -0.2) is 4.98 Å². The summed E-state index contributed by atoms with van der Waals surface area (Å²) in [7, 11) is 1.62. The third-order valence-corrected chi connectivity index (χ3v) is 2.35. The maximum absolute atomic E-state index is 5.74. The average molecular weight is 236 g/mol. The summed E-state index contributed by atoms with van der Waals surface area (Å²) in [5.74, 6) is 0.738. The number of aromatic nitrogens is 3. The van der Waals surface area contributed by atoms with Crippen molar-refractivity contribution in [2.45, 2.75) is 6.92 Å². The topological polar surface area (TPSA) is 47.9 Å². The Morgan fingerprint density at radius 2 is 1.94 bits per heavy atom. The molecule has 16 heavy (non-hydrogen) atoms. The molecule has 0 N–H and O–H groups in total. The fraction of sp³-hybridized carbons (Fsp3) is 0.182. The minimum Gasteiger partial charge on any atom is -0.496 e. The van der Waals surface area contributed by atoms with Crippen LogP contribution in [0.1, 0.15) is 5.69 Å². The highest BCUT2D eigenvalue weighted by atomic mass is 35.5. The lowest BCUT2D eigenvalue weighted by Crippen LogP contribution is -1.98. The van der Waals surface area contributed by atoms with E-state index in [1.54, 1.807) is 7.11 Å². The summed E-state index contributed by atoms with van der Waals surface area (Å²) in [6, 6.07) is 7.58. The number of hydrogen-bond acceptors (Lipinski definition) is 4. The molecule has 0 aliphatic heterocycles. The summed E-state index contributed by atoms with van der Waals surface area (Å²) < 4.78 is 5.26. The first-order chi connectivity index (χ1) is 7.72. The SMILES string of the molecule is COc1ccccc1-c1nc(Cl)nnc1C. The summed E-state index contributed by atoms with van der Waals surface area (Å²) in [5.41, 5.74) is 2.27. The second-order valence-corrected chi connectivity index (χ2v) is 3.55. The molecule has 0 aliphatic rings. The Morgan fingerprint density at radius 3 is 2.69 bits per heavy atom. The van der Waals surface area contributed by atoms with Crippen LogP contribution in [0.4, 0.5) is 0 Å². The van der Waals surface area contributed by atoms with E-state index in [0.29, 0.717) is 11.4 Å². The first-order valence-corrected chi connectivity index (χ1v) is 5.10. The van der Waals surface area contributed by atoms with Crippen molar-refractivity contribution in [2.24, 2.45) is 0 Å². The van der Waals surface area contributed by atoms with Gasteiger partial charge in [0.25, 0.3) is 0 Å². The molecule has 2 aromatic rings. The third-order valence-electron chi connectivity index (χ3n) is 2.19. The van der Waals surface area contributed by atoms with Crippen molar-refractivity contribution >= 4 is 11.6 Å². The monoisotopic (exact) mass is 235 g/mol. The van der Waals surface area contributed by atoms with Gasteiger partial charge in [0, 0.05) is 5.56 Å². The highest BCUT2D eigenvalue weighted by Crippen LogP contribution is 2.29. The van der Waals surface area contributed by atoms with Gasteiger partial charge in [-0.2, -0.15) is 5.10 Å². The molecule has 2 rings (SSSR count). The number of ether oxygens (including phenoxy) is 1. The molecular weight excluding hydrogens is 226 g/mol. The van der Waals surface area contributed by atoms with Crippen LogP contribution in [0.25, 0.3) is 11.3 Å². The van der Waals surface area contributed by atoms with Gasteiger partial charge in [0.05, 0.1) is 12.8 Å². The molecule has 5 heteroatoms. The molecule has 0 fully saturated rings. The molecule has 1 aromatic carbocycles. The van der Waals surface area contributed by atoms with Crippen molar-refractivity contribution in [3.8, 4) is 17.0 Å². The quantitative estimate of drug-likeness (QED) is 0.803. The van der Waals surface area contributed by atoms with E-state index < -0.39 is 0 Å². The molecule has 0 saturated carbocycles. The smallest absolute Gasteiger partial charge is 0.243 e. The zero-order valence-corrected chi connectivity index (χ0v) is 9.69. The van der Waals surface area contributed by atoms with E-state index >= 15 is 0 Å². The van der Waals surface area contributed by atoms with Crippen LogP contribution in [-0.4, -0.2) is 22.3 Å². The van der Waals surface area contributed by atoms with Gasteiger partial charge in [-0.15, -0.1) is 5.10 Å². The lowest BCUT2D eigenvalue weighted by Gasteiger charge is -2.08. The predicted molar refractivity (Wildman–Crippen MR) is 61.6 cm³/mol. The Bertz CT molecular complexity index is 516. The normalized spacial score (nSPS) is 10.2. The van der Waals surface area contributed by atoms with Crippen LogP contribution < -0.4 is 4.74 Å². The predicted octanol–water partition coefficient (Wildman–Crippen LogP) is 2.51. The zero-order chi connectivity index (χ0) is 11.5. The number of halogens is 1. The summed E-state index contributed by atoms with van der Waals surface area (Å²) in [4.78, 5) is 4.16. The van der Waals surface area contributed by atoms with Gasteiger partial charge in [0.2, 0.25) is 5.28 Å². The Balaban J connectivity index is 2.62. The molecule has 1 aromatic heterocycles. The fourth-order valence-electron chi connectivity index (χ4n) is 1.45. The molecule has 0 spiro atoms. The third kappa shape index (κ3) is 1.97. The van der Waals surface area contributed by atoms with E-state index in [0.717, 1.165) is 11.3 Å². The maximum atomic E-state index is 5.74. The second kappa shape index (κ2) is 4.45. The summed E-state index contributed by atoms with van der Waals surface area (Å²) in [6.07, 6.45) is 0. The van der Waals surface area contributed by atoms with Crippen molar-refractivity contribution < 1.29 is 4.74 Å². The van der Waals surface area contributed by atoms with Crippen molar-refractivity contribution in [1.82, 2.24) is 15.2 Å². The first kappa shape index (κ1) is 10.8. The summed E-state index contributed by atoms with van der Waals surface area (Å²) in [6.45, 7) is 1.83. The van der Waals surface area contributed by atoms with E-state index in [1.807, 2.05) is 31.2 Å². The summed E-state index contributed by atoms with van der Waals surface area (Å²) >= 11 is 5.74. The minimum absolute atomic E-state index is 0.131.